The number of pyridine rings is 1. The molecule has 2 rings (SSSR count). The maximum Gasteiger partial charge on any atom is 0.138 e. The number of ether oxygens (including phenoxy) is 1. The lowest BCUT2D eigenvalue weighted by atomic mass is 10.1. The number of halogens is 1. The Morgan fingerprint density at radius 3 is 2.30 bits per heavy atom. The minimum atomic E-state index is -0.182. The maximum atomic E-state index is 5.90. The van der Waals surface area contributed by atoms with Crippen molar-refractivity contribution in [2.24, 2.45) is 0 Å². The molecule has 4 nitrogen and oxygen atoms in total. The third-order valence-corrected chi connectivity index (χ3v) is 2.71. The molecule has 0 radical (unpaired) electrons. The second kappa shape index (κ2) is 11.5. The lowest BCUT2D eigenvalue weighted by Gasteiger charge is -2.38. The van der Waals surface area contributed by atoms with Crippen molar-refractivity contribution in [2.75, 3.05) is 25.4 Å². The minimum absolute atomic E-state index is 0.182. The first-order chi connectivity index (χ1) is 10.7. The maximum absolute atomic E-state index is 5.90. The summed E-state index contributed by atoms with van der Waals surface area (Å²) in [5.74, 6) is 3.55. The third kappa shape index (κ3) is 12.1. The molecule has 0 spiro atoms. The largest absolute Gasteiger partial charge is 0.485 e. The van der Waals surface area contributed by atoms with Gasteiger partial charge < -0.3 is 10.5 Å². The number of rotatable bonds is 4. The number of likely N-dealkylation sites (tertiary alicyclic amines) is 1. The van der Waals surface area contributed by atoms with Gasteiger partial charge in [-0.25, -0.2) is 4.98 Å². The van der Waals surface area contributed by atoms with E-state index in [1.165, 1.54) is 19.5 Å². The van der Waals surface area contributed by atoms with E-state index in [0.717, 1.165) is 16.2 Å². The summed E-state index contributed by atoms with van der Waals surface area (Å²) in [6, 6.07) is 3.62. The first kappa shape index (κ1) is 22.0. The van der Waals surface area contributed by atoms with E-state index in [4.69, 9.17) is 10.5 Å². The predicted molar refractivity (Wildman–Crippen MR) is 108 cm³/mol. The SMILES string of the molecule is C#CC.CC(C)(CN1CCC1)Oc1ccc(N)nc1.CC(C)I. The highest BCUT2D eigenvalue weighted by molar-refractivity contribution is 14.1. The highest BCUT2D eigenvalue weighted by Crippen LogP contribution is 2.20. The first-order valence-corrected chi connectivity index (χ1v) is 9.09. The van der Waals surface area contributed by atoms with E-state index in [-0.39, 0.29) is 5.60 Å². The molecule has 1 aromatic heterocycles. The zero-order chi connectivity index (χ0) is 17.9. The van der Waals surface area contributed by atoms with Gasteiger partial charge in [0.05, 0.1) is 6.20 Å². The molecule has 0 amide bonds. The number of hydrogen-bond acceptors (Lipinski definition) is 4. The van der Waals surface area contributed by atoms with E-state index in [2.05, 4.69) is 72.5 Å². The fourth-order valence-electron chi connectivity index (χ4n) is 1.88. The molecule has 1 fully saturated rings. The lowest BCUT2D eigenvalue weighted by molar-refractivity contribution is 0.0350. The second-order valence-corrected chi connectivity index (χ2v) is 8.70. The normalized spacial score (nSPS) is 13.7. The molecule has 130 valence electrons. The zero-order valence-electron chi connectivity index (χ0n) is 15.0. The van der Waals surface area contributed by atoms with Crippen molar-refractivity contribution in [3.63, 3.8) is 0 Å². The molecule has 0 atom stereocenters. The van der Waals surface area contributed by atoms with Crippen molar-refractivity contribution in [3.8, 4) is 18.1 Å². The molecule has 0 aromatic carbocycles. The molecular weight excluding hydrogens is 401 g/mol. The molecule has 0 saturated carbocycles. The number of nitrogens with zero attached hydrogens (tertiary/aromatic N) is 2. The summed E-state index contributed by atoms with van der Waals surface area (Å²) < 4.78 is 6.71. The van der Waals surface area contributed by atoms with Crippen LogP contribution >= 0.6 is 22.6 Å². The Morgan fingerprint density at radius 1 is 1.43 bits per heavy atom. The Labute approximate surface area is 155 Å². The number of alkyl halides is 1. The molecule has 23 heavy (non-hydrogen) atoms. The summed E-state index contributed by atoms with van der Waals surface area (Å²) in [7, 11) is 0. The van der Waals surface area contributed by atoms with Crippen LogP contribution in [0.5, 0.6) is 5.75 Å². The summed E-state index contributed by atoms with van der Waals surface area (Å²) in [4.78, 5) is 6.41. The molecule has 0 unspecified atom stereocenters. The fraction of sp³-hybridized carbons (Fsp3) is 0.611. The van der Waals surface area contributed by atoms with Crippen molar-refractivity contribution in [1.82, 2.24) is 9.88 Å². The Kier molecular flexibility index (Phi) is 11.0. The molecule has 1 aliphatic rings. The standard InChI is InChI=1S/C12H19N3O.C3H7I.C3H4/c1-12(2,9-15-6-3-7-15)16-10-4-5-11(13)14-8-10;1-3(2)4;1-3-2/h4-5,8H,3,6-7,9H2,1-2H3,(H2,13,14);3H,1-2H3;1H,2H3. The van der Waals surface area contributed by atoms with Gasteiger partial charge in [-0.1, -0.05) is 36.4 Å². The first-order valence-electron chi connectivity index (χ1n) is 7.84. The quantitative estimate of drug-likeness (QED) is 0.445. The van der Waals surface area contributed by atoms with Crippen LogP contribution < -0.4 is 10.5 Å². The molecule has 2 N–H and O–H groups in total. The average molecular weight is 431 g/mol. The van der Waals surface area contributed by atoms with Gasteiger partial charge in [0.25, 0.3) is 0 Å². The summed E-state index contributed by atoms with van der Waals surface area (Å²) in [5, 5.41) is 0. The van der Waals surface area contributed by atoms with Gasteiger partial charge in [0.1, 0.15) is 17.2 Å². The van der Waals surface area contributed by atoms with Gasteiger partial charge in [-0.05, 0) is 52.4 Å². The van der Waals surface area contributed by atoms with Crippen molar-refractivity contribution in [3.05, 3.63) is 18.3 Å². The van der Waals surface area contributed by atoms with Crippen molar-refractivity contribution in [2.45, 2.75) is 50.6 Å². The molecule has 1 saturated heterocycles. The molecule has 0 bridgehead atoms. The van der Waals surface area contributed by atoms with Crippen molar-refractivity contribution < 1.29 is 4.74 Å². The van der Waals surface area contributed by atoms with Crippen LogP contribution in [0.1, 0.15) is 41.0 Å². The van der Waals surface area contributed by atoms with Crippen LogP contribution in [0.2, 0.25) is 0 Å². The Balaban J connectivity index is 0.000000591. The number of aromatic nitrogens is 1. The summed E-state index contributed by atoms with van der Waals surface area (Å²) in [6.45, 7) is 13.5. The van der Waals surface area contributed by atoms with Gasteiger partial charge in [-0.2, -0.15) is 0 Å². The van der Waals surface area contributed by atoms with Gasteiger partial charge in [0.15, 0.2) is 0 Å². The molecule has 1 aliphatic heterocycles. The average Bonchev–Trinajstić information content (AvgIpc) is 2.37. The topological polar surface area (TPSA) is 51.4 Å². The van der Waals surface area contributed by atoms with Crippen LogP contribution in [-0.2, 0) is 0 Å². The summed E-state index contributed by atoms with van der Waals surface area (Å²) >= 11 is 2.34. The number of nitrogens with two attached hydrogens (primary N) is 1. The highest BCUT2D eigenvalue weighted by atomic mass is 127. The monoisotopic (exact) mass is 431 g/mol. The lowest BCUT2D eigenvalue weighted by Crippen LogP contribution is -2.48. The van der Waals surface area contributed by atoms with Crippen LogP contribution in [0.3, 0.4) is 0 Å². The molecule has 5 heteroatoms. The van der Waals surface area contributed by atoms with Gasteiger partial charge in [-0.15, -0.1) is 12.3 Å². The van der Waals surface area contributed by atoms with E-state index >= 15 is 0 Å². The van der Waals surface area contributed by atoms with E-state index in [1.807, 2.05) is 6.07 Å². The number of hydrogen-bond donors (Lipinski definition) is 1. The van der Waals surface area contributed by atoms with Gasteiger partial charge in [0, 0.05) is 10.5 Å². The summed E-state index contributed by atoms with van der Waals surface area (Å²) in [6.07, 6.45) is 7.58. The van der Waals surface area contributed by atoms with Crippen LogP contribution in [0.25, 0.3) is 0 Å². The minimum Gasteiger partial charge on any atom is -0.485 e. The number of nitrogen functional groups attached to an aromatic ring is 1. The molecular formula is C18H30IN3O. The Morgan fingerprint density at radius 2 is 1.96 bits per heavy atom. The van der Waals surface area contributed by atoms with E-state index in [9.17, 15) is 0 Å². The number of terminal acetylenes is 1. The Bertz CT molecular complexity index is 459. The van der Waals surface area contributed by atoms with E-state index < -0.39 is 0 Å². The van der Waals surface area contributed by atoms with Crippen LogP contribution in [0, 0.1) is 12.3 Å². The van der Waals surface area contributed by atoms with Crippen molar-refractivity contribution >= 4 is 28.4 Å². The summed E-state index contributed by atoms with van der Waals surface area (Å²) in [5.41, 5.74) is 5.34. The Hall–Kier alpha value is -1.000. The van der Waals surface area contributed by atoms with Gasteiger partial charge in [0.2, 0.25) is 0 Å². The zero-order valence-corrected chi connectivity index (χ0v) is 17.1. The molecule has 1 aromatic rings. The highest BCUT2D eigenvalue weighted by Gasteiger charge is 2.26. The molecule has 2 heterocycles. The van der Waals surface area contributed by atoms with Gasteiger partial charge in [-0.3, -0.25) is 4.90 Å². The molecule has 0 aliphatic carbocycles. The smallest absolute Gasteiger partial charge is 0.138 e. The van der Waals surface area contributed by atoms with Crippen LogP contribution in [0.4, 0.5) is 5.82 Å². The van der Waals surface area contributed by atoms with E-state index in [0.29, 0.717) is 5.82 Å². The van der Waals surface area contributed by atoms with Gasteiger partial charge >= 0.3 is 0 Å². The van der Waals surface area contributed by atoms with Crippen LogP contribution in [-0.4, -0.2) is 39.0 Å². The van der Waals surface area contributed by atoms with E-state index in [1.54, 1.807) is 19.2 Å². The van der Waals surface area contributed by atoms with Crippen LogP contribution in [0.15, 0.2) is 18.3 Å². The number of anilines is 1. The second-order valence-electron chi connectivity index (χ2n) is 6.21. The predicted octanol–water partition coefficient (Wildman–Crippen LogP) is 4.00. The fourth-order valence-corrected chi connectivity index (χ4v) is 1.88. The van der Waals surface area contributed by atoms with Crippen molar-refractivity contribution in [1.29, 1.82) is 0 Å². The third-order valence-electron chi connectivity index (χ3n) is 2.71.